The highest BCUT2D eigenvalue weighted by Gasteiger charge is 2.16. The summed E-state index contributed by atoms with van der Waals surface area (Å²) in [5.41, 5.74) is 1.83. The van der Waals surface area contributed by atoms with Crippen molar-refractivity contribution in [3.8, 4) is 11.3 Å². The van der Waals surface area contributed by atoms with E-state index >= 15 is 0 Å². The molecule has 0 spiro atoms. The van der Waals surface area contributed by atoms with E-state index in [9.17, 15) is 0 Å². The molecule has 1 aromatic carbocycles. The van der Waals surface area contributed by atoms with Gasteiger partial charge in [0.2, 0.25) is 5.88 Å². The second-order valence-corrected chi connectivity index (χ2v) is 4.59. The first kappa shape index (κ1) is 11.6. The number of morpholine rings is 1. The van der Waals surface area contributed by atoms with Crippen LogP contribution in [0.1, 0.15) is 0 Å². The Morgan fingerprint density at radius 2 is 1.83 bits per heavy atom. The zero-order valence-electron chi connectivity index (χ0n) is 9.80. The molecule has 1 aromatic heterocycles. The van der Waals surface area contributed by atoms with E-state index in [2.05, 4.69) is 10.1 Å². The smallest absolute Gasteiger partial charge is 0.228 e. The first-order valence-corrected chi connectivity index (χ1v) is 6.26. The minimum atomic E-state index is 0.718. The van der Waals surface area contributed by atoms with Gasteiger partial charge in [-0.1, -0.05) is 28.9 Å². The Bertz CT molecular complexity index is 518. The van der Waals surface area contributed by atoms with E-state index in [0.29, 0.717) is 0 Å². The van der Waals surface area contributed by atoms with Crippen molar-refractivity contribution >= 4 is 17.5 Å². The number of aromatic nitrogens is 1. The number of hydrogen-bond donors (Lipinski definition) is 0. The van der Waals surface area contributed by atoms with Crippen LogP contribution >= 0.6 is 11.6 Å². The standard InChI is InChI=1S/C13H13ClN2O2/c14-11-3-1-10(2-4-11)12-9-13(18-15-12)16-5-7-17-8-6-16/h1-4,9H,5-8H2. The van der Waals surface area contributed by atoms with Crippen LogP contribution in [0.2, 0.25) is 5.02 Å². The number of benzene rings is 1. The van der Waals surface area contributed by atoms with Gasteiger partial charge < -0.3 is 14.2 Å². The summed E-state index contributed by atoms with van der Waals surface area (Å²) in [4.78, 5) is 2.13. The Morgan fingerprint density at radius 1 is 1.11 bits per heavy atom. The third-order valence-electron chi connectivity index (χ3n) is 2.96. The number of halogens is 1. The average molecular weight is 265 g/mol. The molecule has 0 N–H and O–H groups in total. The molecule has 18 heavy (non-hydrogen) atoms. The van der Waals surface area contributed by atoms with Gasteiger partial charge in [-0.2, -0.15) is 0 Å². The highest BCUT2D eigenvalue weighted by atomic mass is 35.5. The van der Waals surface area contributed by atoms with E-state index in [-0.39, 0.29) is 0 Å². The van der Waals surface area contributed by atoms with Gasteiger partial charge in [0, 0.05) is 29.7 Å². The highest BCUT2D eigenvalue weighted by molar-refractivity contribution is 6.30. The molecule has 4 nitrogen and oxygen atoms in total. The number of nitrogens with zero attached hydrogens (tertiary/aromatic N) is 2. The van der Waals surface area contributed by atoms with Crippen molar-refractivity contribution in [2.75, 3.05) is 31.2 Å². The fourth-order valence-electron chi connectivity index (χ4n) is 1.96. The van der Waals surface area contributed by atoms with Crippen LogP contribution in [0.25, 0.3) is 11.3 Å². The molecule has 1 saturated heterocycles. The Hall–Kier alpha value is -1.52. The van der Waals surface area contributed by atoms with E-state index < -0.39 is 0 Å². The zero-order valence-corrected chi connectivity index (χ0v) is 10.6. The number of rotatable bonds is 2. The molecule has 2 heterocycles. The Morgan fingerprint density at radius 3 is 2.56 bits per heavy atom. The maximum atomic E-state index is 5.86. The summed E-state index contributed by atoms with van der Waals surface area (Å²) in [7, 11) is 0. The van der Waals surface area contributed by atoms with Crippen molar-refractivity contribution in [1.82, 2.24) is 5.16 Å². The summed E-state index contributed by atoms with van der Waals surface area (Å²) < 4.78 is 10.7. The van der Waals surface area contributed by atoms with Crippen molar-refractivity contribution in [2.24, 2.45) is 0 Å². The topological polar surface area (TPSA) is 38.5 Å². The van der Waals surface area contributed by atoms with Gasteiger partial charge in [0.05, 0.1) is 13.2 Å². The minimum absolute atomic E-state index is 0.718. The normalized spacial score (nSPS) is 15.9. The maximum absolute atomic E-state index is 5.86. The molecule has 1 aliphatic heterocycles. The molecule has 0 aliphatic carbocycles. The second-order valence-electron chi connectivity index (χ2n) is 4.16. The molecule has 1 fully saturated rings. The molecule has 5 heteroatoms. The first-order chi connectivity index (χ1) is 8.83. The first-order valence-electron chi connectivity index (χ1n) is 5.88. The Balaban J connectivity index is 1.82. The van der Waals surface area contributed by atoms with E-state index in [1.54, 1.807) is 0 Å². The van der Waals surface area contributed by atoms with Gasteiger partial charge in [-0.15, -0.1) is 0 Å². The quantitative estimate of drug-likeness (QED) is 0.836. The average Bonchev–Trinajstić information content (AvgIpc) is 2.90. The predicted molar refractivity (Wildman–Crippen MR) is 70.0 cm³/mol. The highest BCUT2D eigenvalue weighted by Crippen LogP contribution is 2.25. The van der Waals surface area contributed by atoms with Gasteiger partial charge in [0.1, 0.15) is 5.69 Å². The minimum Gasteiger partial charge on any atom is -0.378 e. The maximum Gasteiger partial charge on any atom is 0.228 e. The Labute approximate surface area is 110 Å². The lowest BCUT2D eigenvalue weighted by Gasteiger charge is -2.25. The third kappa shape index (κ3) is 2.35. The van der Waals surface area contributed by atoms with Crippen molar-refractivity contribution in [3.63, 3.8) is 0 Å². The molecule has 0 unspecified atom stereocenters. The summed E-state index contributed by atoms with van der Waals surface area (Å²) in [6.45, 7) is 3.15. The molecule has 0 amide bonds. The summed E-state index contributed by atoms with van der Waals surface area (Å²) in [5.74, 6) is 0.795. The SMILES string of the molecule is Clc1ccc(-c2cc(N3CCOCC3)on2)cc1. The van der Waals surface area contributed by atoms with Gasteiger partial charge in [0.25, 0.3) is 0 Å². The molecule has 2 aromatic rings. The number of anilines is 1. The second kappa shape index (κ2) is 5.00. The van der Waals surface area contributed by atoms with Crippen LogP contribution in [0.5, 0.6) is 0 Å². The molecule has 0 atom stereocenters. The Kier molecular flexibility index (Phi) is 3.21. The van der Waals surface area contributed by atoms with Crippen LogP contribution in [0.3, 0.4) is 0 Å². The van der Waals surface area contributed by atoms with Gasteiger partial charge in [-0.3, -0.25) is 0 Å². The molecular formula is C13H13ClN2O2. The zero-order chi connectivity index (χ0) is 12.4. The lowest BCUT2D eigenvalue weighted by molar-refractivity contribution is 0.120. The predicted octanol–water partition coefficient (Wildman–Crippen LogP) is 2.83. The van der Waals surface area contributed by atoms with Crippen molar-refractivity contribution in [1.29, 1.82) is 0 Å². The van der Waals surface area contributed by atoms with Crippen LogP contribution in [0.4, 0.5) is 5.88 Å². The monoisotopic (exact) mass is 264 g/mol. The van der Waals surface area contributed by atoms with Gasteiger partial charge in [-0.05, 0) is 12.1 Å². The third-order valence-corrected chi connectivity index (χ3v) is 3.21. The van der Waals surface area contributed by atoms with E-state index in [0.717, 1.165) is 48.5 Å². The summed E-state index contributed by atoms with van der Waals surface area (Å²) >= 11 is 5.86. The van der Waals surface area contributed by atoms with Gasteiger partial charge in [-0.25, -0.2) is 0 Å². The summed E-state index contributed by atoms with van der Waals surface area (Å²) in [5, 5.41) is 4.81. The number of hydrogen-bond acceptors (Lipinski definition) is 4. The molecule has 94 valence electrons. The van der Waals surface area contributed by atoms with Crippen LogP contribution in [-0.2, 0) is 4.74 Å². The molecule has 0 saturated carbocycles. The fraction of sp³-hybridized carbons (Fsp3) is 0.308. The van der Waals surface area contributed by atoms with Crippen LogP contribution in [0.15, 0.2) is 34.9 Å². The number of ether oxygens (including phenoxy) is 1. The van der Waals surface area contributed by atoms with Crippen molar-refractivity contribution in [3.05, 3.63) is 35.4 Å². The molecule has 0 radical (unpaired) electrons. The van der Waals surface area contributed by atoms with Crippen LogP contribution < -0.4 is 4.90 Å². The van der Waals surface area contributed by atoms with E-state index in [1.165, 1.54) is 0 Å². The van der Waals surface area contributed by atoms with Crippen molar-refractivity contribution < 1.29 is 9.26 Å². The van der Waals surface area contributed by atoms with Crippen LogP contribution in [-0.4, -0.2) is 31.5 Å². The summed E-state index contributed by atoms with van der Waals surface area (Å²) in [6, 6.07) is 9.51. The lowest BCUT2D eigenvalue weighted by Crippen LogP contribution is -2.35. The van der Waals surface area contributed by atoms with Crippen LogP contribution in [0, 0.1) is 0 Å². The van der Waals surface area contributed by atoms with E-state index in [4.69, 9.17) is 20.9 Å². The lowest BCUT2D eigenvalue weighted by atomic mass is 10.1. The molecule has 1 aliphatic rings. The van der Waals surface area contributed by atoms with E-state index in [1.807, 2.05) is 30.3 Å². The molecule has 3 rings (SSSR count). The largest absolute Gasteiger partial charge is 0.378 e. The van der Waals surface area contributed by atoms with Gasteiger partial charge in [0.15, 0.2) is 0 Å². The molecule has 0 bridgehead atoms. The molecular weight excluding hydrogens is 252 g/mol. The van der Waals surface area contributed by atoms with Crippen molar-refractivity contribution in [2.45, 2.75) is 0 Å². The summed E-state index contributed by atoms with van der Waals surface area (Å²) in [6.07, 6.45) is 0. The van der Waals surface area contributed by atoms with Gasteiger partial charge >= 0.3 is 0 Å². The fourth-order valence-corrected chi connectivity index (χ4v) is 2.08.